The molecule has 2 aromatic rings. The molecule has 0 radical (unpaired) electrons. The Morgan fingerprint density at radius 3 is 2.26 bits per heavy atom. The van der Waals surface area contributed by atoms with Gasteiger partial charge in [0.15, 0.2) is 0 Å². The van der Waals surface area contributed by atoms with E-state index in [4.69, 9.17) is 15.2 Å². The predicted molar refractivity (Wildman–Crippen MR) is 102 cm³/mol. The lowest BCUT2D eigenvalue weighted by molar-refractivity contribution is -0.161. The van der Waals surface area contributed by atoms with Crippen molar-refractivity contribution in [1.82, 2.24) is 0 Å². The highest BCUT2D eigenvalue weighted by molar-refractivity contribution is 6.03. The number of carboxylic acid groups (broad SMARTS) is 1. The van der Waals surface area contributed by atoms with Crippen LogP contribution in [0.4, 0.5) is 0 Å². The molecule has 0 aliphatic carbocycles. The number of carbonyl (C=O) groups excluding carboxylic acids is 1. The normalized spacial score (nSPS) is 12.8. The van der Waals surface area contributed by atoms with Gasteiger partial charge < -0.3 is 20.3 Å². The number of para-hydroxylation sites is 1. The van der Waals surface area contributed by atoms with Gasteiger partial charge in [0.25, 0.3) is 0 Å². The van der Waals surface area contributed by atoms with Crippen LogP contribution in [-0.4, -0.2) is 29.2 Å². The molecule has 27 heavy (non-hydrogen) atoms. The average molecular weight is 371 g/mol. The van der Waals surface area contributed by atoms with Gasteiger partial charge in [0.05, 0.1) is 6.61 Å². The summed E-state index contributed by atoms with van der Waals surface area (Å²) in [4.78, 5) is 23.6. The van der Waals surface area contributed by atoms with Crippen LogP contribution < -0.4 is 10.5 Å². The highest BCUT2D eigenvalue weighted by Crippen LogP contribution is 2.22. The minimum atomic E-state index is -2.05. The molecule has 0 amide bonds. The van der Waals surface area contributed by atoms with Gasteiger partial charge in [-0.2, -0.15) is 0 Å². The van der Waals surface area contributed by atoms with Gasteiger partial charge in [-0.1, -0.05) is 43.7 Å². The third kappa shape index (κ3) is 5.82. The van der Waals surface area contributed by atoms with Crippen molar-refractivity contribution in [2.75, 3.05) is 6.61 Å². The molecule has 0 fully saturated rings. The summed E-state index contributed by atoms with van der Waals surface area (Å²) in [6.07, 6.45) is 1.79. The molecule has 6 heteroatoms. The zero-order valence-electron chi connectivity index (χ0n) is 15.4. The zero-order valence-corrected chi connectivity index (χ0v) is 15.4. The summed E-state index contributed by atoms with van der Waals surface area (Å²) in [7, 11) is 0. The van der Waals surface area contributed by atoms with Gasteiger partial charge >= 0.3 is 11.9 Å². The van der Waals surface area contributed by atoms with E-state index in [2.05, 4.69) is 0 Å². The number of nitrogens with two attached hydrogens (primary N) is 1. The number of aryl methyl sites for hydroxylation is 1. The van der Waals surface area contributed by atoms with E-state index in [1.807, 2.05) is 49.4 Å². The fraction of sp³-hybridized carbons (Fsp3) is 0.333. The summed E-state index contributed by atoms with van der Waals surface area (Å²) < 4.78 is 10.7. The molecule has 0 spiro atoms. The van der Waals surface area contributed by atoms with E-state index < -0.39 is 17.5 Å². The zero-order chi connectivity index (χ0) is 19.7. The van der Waals surface area contributed by atoms with Crippen LogP contribution in [0.15, 0.2) is 54.6 Å². The molecule has 1 unspecified atom stereocenters. The lowest BCUT2D eigenvalue weighted by Gasteiger charge is -2.22. The fourth-order valence-electron chi connectivity index (χ4n) is 2.42. The van der Waals surface area contributed by atoms with Gasteiger partial charge in [-0.15, -0.1) is 0 Å². The highest BCUT2D eigenvalue weighted by atomic mass is 16.5. The Morgan fingerprint density at radius 2 is 1.67 bits per heavy atom. The molecule has 6 nitrogen and oxygen atoms in total. The monoisotopic (exact) mass is 371 g/mol. The van der Waals surface area contributed by atoms with E-state index in [1.165, 1.54) is 0 Å². The summed E-state index contributed by atoms with van der Waals surface area (Å²) in [5.74, 6) is -0.881. The van der Waals surface area contributed by atoms with Crippen LogP contribution in [0.5, 0.6) is 11.5 Å². The molecule has 3 N–H and O–H groups in total. The first-order valence-electron chi connectivity index (χ1n) is 8.97. The molecule has 2 aromatic carbocycles. The van der Waals surface area contributed by atoms with Crippen LogP contribution in [0.25, 0.3) is 0 Å². The third-order valence-electron chi connectivity index (χ3n) is 4.19. The van der Waals surface area contributed by atoms with Crippen molar-refractivity contribution in [2.24, 2.45) is 5.73 Å². The van der Waals surface area contributed by atoms with Crippen molar-refractivity contribution >= 4 is 11.9 Å². The minimum Gasteiger partial charge on any atom is -0.479 e. The summed E-state index contributed by atoms with van der Waals surface area (Å²) in [6.45, 7) is 2.12. The number of ether oxygens (including phenoxy) is 2. The maximum absolute atomic E-state index is 12.1. The smallest absolute Gasteiger partial charge is 0.337 e. The molecule has 0 heterocycles. The van der Waals surface area contributed by atoms with E-state index in [9.17, 15) is 14.7 Å². The average Bonchev–Trinajstić information content (AvgIpc) is 2.68. The van der Waals surface area contributed by atoms with Crippen LogP contribution in [0.2, 0.25) is 0 Å². The first-order chi connectivity index (χ1) is 13.0. The molecule has 1 atom stereocenters. The molecule has 144 valence electrons. The number of carboxylic acids is 1. The summed E-state index contributed by atoms with van der Waals surface area (Å²) in [6, 6.07) is 16.6. The number of unbranched alkanes of at least 4 members (excludes halogenated alkanes) is 1. The predicted octanol–water partition coefficient (Wildman–Crippen LogP) is 3.54. The minimum absolute atomic E-state index is 0.0494. The van der Waals surface area contributed by atoms with Gasteiger partial charge in [0.1, 0.15) is 11.5 Å². The van der Waals surface area contributed by atoms with E-state index in [-0.39, 0.29) is 13.0 Å². The molecule has 0 aliphatic rings. The number of hydrogen-bond donors (Lipinski definition) is 2. The molecular formula is C21H25NO5. The van der Waals surface area contributed by atoms with E-state index >= 15 is 0 Å². The lowest BCUT2D eigenvalue weighted by atomic mass is 9.92. The van der Waals surface area contributed by atoms with Gasteiger partial charge in [0.2, 0.25) is 5.54 Å². The molecule has 0 saturated heterocycles. The number of rotatable bonds is 10. The van der Waals surface area contributed by atoms with Crippen LogP contribution in [0.1, 0.15) is 31.7 Å². The maximum atomic E-state index is 12.1. The number of hydrogen-bond acceptors (Lipinski definition) is 5. The maximum Gasteiger partial charge on any atom is 0.337 e. The van der Waals surface area contributed by atoms with Gasteiger partial charge in [0, 0.05) is 0 Å². The third-order valence-corrected chi connectivity index (χ3v) is 4.19. The molecule has 2 rings (SSSR count). The van der Waals surface area contributed by atoms with Gasteiger partial charge in [-0.25, -0.2) is 9.59 Å². The standard InChI is InChI=1S/C21H25NO5/c1-2-3-15-26-20(25)21(22,19(23)24)14-13-16-9-11-18(12-10-16)27-17-7-5-4-6-8-17/h4-12H,2-3,13-15,22H2,1H3,(H,23,24). The fourth-order valence-corrected chi connectivity index (χ4v) is 2.42. The largest absolute Gasteiger partial charge is 0.479 e. The van der Waals surface area contributed by atoms with Crippen molar-refractivity contribution < 1.29 is 24.2 Å². The highest BCUT2D eigenvalue weighted by Gasteiger charge is 2.43. The van der Waals surface area contributed by atoms with Gasteiger partial charge in [-0.3, -0.25) is 0 Å². The first kappa shape index (κ1) is 20.5. The van der Waals surface area contributed by atoms with E-state index in [0.29, 0.717) is 18.6 Å². The van der Waals surface area contributed by atoms with Crippen LogP contribution in [0.3, 0.4) is 0 Å². The Labute approximate surface area is 158 Å². The lowest BCUT2D eigenvalue weighted by Crippen LogP contribution is -2.56. The Hall–Kier alpha value is -2.86. The first-order valence-corrected chi connectivity index (χ1v) is 8.97. The SMILES string of the molecule is CCCCOC(=O)C(N)(CCc1ccc(Oc2ccccc2)cc1)C(=O)O. The number of aliphatic carboxylic acids is 1. The van der Waals surface area contributed by atoms with Crippen molar-refractivity contribution in [3.8, 4) is 11.5 Å². The second-order valence-corrected chi connectivity index (χ2v) is 6.33. The van der Waals surface area contributed by atoms with Crippen LogP contribution >= 0.6 is 0 Å². The molecular weight excluding hydrogens is 346 g/mol. The van der Waals surface area contributed by atoms with E-state index in [0.717, 1.165) is 17.7 Å². The molecule has 0 bridgehead atoms. The molecule has 0 saturated carbocycles. The Bertz CT molecular complexity index is 745. The second-order valence-electron chi connectivity index (χ2n) is 6.33. The number of carbonyl (C=O) groups is 2. The quantitative estimate of drug-likeness (QED) is 0.376. The summed E-state index contributed by atoms with van der Waals surface area (Å²) in [5.41, 5.74) is 4.65. The van der Waals surface area contributed by atoms with Crippen molar-refractivity contribution in [3.05, 3.63) is 60.2 Å². The Balaban J connectivity index is 1.96. The van der Waals surface area contributed by atoms with Crippen molar-refractivity contribution in [3.63, 3.8) is 0 Å². The Morgan fingerprint density at radius 1 is 1.04 bits per heavy atom. The van der Waals surface area contributed by atoms with Crippen LogP contribution in [-0.2, 0) is 20.7 Å². The molecule has 0 aromatic heterocycles. The van der Waals surface area contributed by atoms with Crippen LogP contribution in [0, 0.1) is 0 Å². The Kier molecular flexibility index (Phi) is 7.37. The summed E-state index contributed by atoms with van der Waals surface area (Å²) in [5, 5.41) is 9.40. The van der Waals surface area contributed by atoms with E-state index in [1.54, 1.807) is 12.1 Å². The topological polar surface area (TPSA) is 98.9 Å². The van der Waals surface area contributed by atoms with Crippen molar-refractivity contribution in [1.29, 1.82) is 0 Å². The number of esters is 1. The van der Waals surface area contributed by atoms with Crippen molar-refractivity contribution in [2.45, 2.75) is 38.1 Å². The van der Waals surface area contributed by atoms with Gasteiger partial charge in [-0.05, 0) is 49.1 Å². The summed E-state index contributed by atoms with van der Waals surface area (Å²) >= 11 is 0. The second kappa shape index (κ2) is 9.73. The molecule has 0 aliphatic heterocycles. The number of benzene rings is 2.